The number of ether oxygens (including phenoxy) is 3. The molecule has 3 N–H and O–H groups in total. The Morgan fingerprint density at radius 3 is 2.46 bits per heavy atom. The van der Waals surface area contributed by atoms with Gasteiger partial charge < -0.3 is 19.3 Å². The Hall–Kier alpha value is -5.04. The summed E-state index contributed by atoms with van der Waals surface area (Å²) < 4.78 is 46.3. The maximum atomic E-state index is 14.3. The zero-order chi connectivity index (χ0) is 34.7. The summed E-state index contributed by atoms with van der Waals surface area (Å²) in [5.41, 5.74) is 12.8. The molecule has 3 aromatic carbocycles. The molecule has 0 saturated heterocycles. The highest BCUT2D eigenvalue weighted by atomic mass is 19.1. The number of aliphatic hydroxyl groups excluding tert-OH is 1. The summed E-state index contributed by atoms with van der Waals surface area (Å²) in [6, 6.07) is 17.1. The van der Waals surface area contributed by atoms with Crippen molar-refractivity contribution in [1.29, 1.82) is 0 Å². The normalized spacial score (nSPS) is 17.1. The number of carbonyl (C=O) groups excluding carboxylic acids is 2. The van der Waals surface area contributed by atoms with Crippen LogP contribution in [0, 0.1) is 11.6 Å². The van der Waals surface area contributed by atoms with E-state index < -0.39 is 40.8 Å². The highest BCUT2D eigenvalue weighted by Gasteiger charge is 2.54. The number of nitrogens with one attached hydrogen (secondary N) is 2. The fraction of sp³-hybridized carbons (Fsp3) is 0.382. The molecule has 3 aromatic rings. The van der Waals surface area contributed by atoms with Crippen molar-refractivity contribution in [3.8, 4) is 5.75 Å². The van der Waals surface area contributed by atoms with Crippen molar-refractivity contribution in [2.24, 2.45) is 10.1 Å². The van der Waals surface area contributed by atoms with Crippen LogP contribution in [-0.2, 0) is 32.2 Å². The molecule has 0 radical (unpaired) electrons. The average molecular weight is 665 g/mol. The number of carbonyl (C=O) groups is 2. The summed E-state index contributed by atoms with van der Waals surface area (Å²) in [7, 11) is 0. The van der Waals surface area contributed by atoms with Crippen LogP contribution in [0.5, 0.6) is 5.75 Å². The van der Waals surface area contributed by atoms with Gasteiger partial charge in [0.25, 0.3) is 5.91 Å². The molecule has 48 heavy (non-hydrogen) atoms. The van der Waals surface area contributed by atoms with Gasteiger partial charge in [-0.25, -0.2) is 19.2 Å². The molecule has 0 aromatic heterocycles. The summed E-state index contributed by atoms with van der Waals surface area (Å²) in [4.78, 5) is 34.9. The van der Waals surface area contributed by atoms with Crippen LogP contribution in [0.15, 0.2) is 76.8 Å². The molecule has 1 aliphatic heterocycles. The number of hydrogen-bond donors (Lipinski definition) is 3. The van der Waals surface area contributed by atoms with E-state index in [1.165, 1.54) is 6.07 Å². The van der Waals surface area contributed by atoms with Gasteiger partial charge >= 0.3 is 5.97 Å². The number of aliphatic hydroxyl groups is 1. The summed E-state index contributed by atoms with van der Waals surface area (Å²) in [5, 5.41) is 12.7. The molecule has 0 fully saturated rings. The number of aliphatic imine (C=N–C) groups is 1. The van der Waals surface area contributed by atoms with E-state index in [0.717, 1.165) is 12.1 Å². The Morgan fingerprint density at radius 2 is 1.79 bits per heavy atom. The van der Waals surface area contributed by atoms with E-state index in [4.69, 9.17) is 29.8 Å². The van der Waals surface area contributed by atoms with Gasteiger partial charge in [0.1, 0.15) is 23.0 Å². The molecule has 0 aliphatic carbocycles. The number of azide groups is 1. The van der Waals surface area contributed by atoms with Gasteiger partial charge in [0, 0.05) is 42.0 Å². The molecule has 254 valence electrons. The third-order valence-electron chi connectivity index (χ3n) is 7.33. The van der Waals surface area contributed by atoms with Crippen LogP contribution in [0.2, 0.25) is 0 Å². The van der Waals surface area contributed by atoms with E-state index in [9.17, 15) is 18.4 Å². The van der Waals surface area contributed by atoms with E-state index in [2.05, 4.69) is 20.9 Å². The standard InChI is InChI=1S/C34H38F2N6O6/c1-33(2,3)48-29(44)16-17-34(32(45)41-38-21-26-27(35)10-6-11-28(26)36)30(25-9-5-4-8-23(25)20-39-42-37)47-31(40-34)22-12-14-24(15-13-22)46-19-7-18-43/h4-6,8-15,30,38,43H,7,16-21H2,1-3H3,(H,41,45)/t30-,34-/m0/s1. The summed E-state index contributed by atoms with van der Waals surface area (Å²) >= 11 is 0. The van der Waals surface area contributed by atoms with Gasteiger partial charge in [-0.1, -0.05) is 35.4 Å². The second-order valence-electron chi connectivity index (χ2n) is 12.0. The lowest BCUT2D eigenvalue weighted by atomic mass is 9.82. The zero-order valence-corrected chi connectivity index (χ0v) is 26.9. The Balaban J connectivity index is 1.76. The van der Waals surface area contributed by atoms with Crippen LogP contribution in [-0.4, -0.2) is 47.2 Å². The number of halogens is 2. The molecule has 1 aliphatic rings. The van der Waals surface area contributed by atoms with Crippen molar-refractivity contribution in [3.63, 3.8) is 0 Å². The molecule has 1 amide bonds. The largest absolute Gasteiger partial charge is 0.494 e. The lowest BCUT2D eigenvalue weighted by molar-refractivity contribution is -0.155. The molecule has 1 heterocycles. The number of esters is 1. The topological polar surface area (TPSA) is 167 Å². The maximum absolute atomic E-state index is 14.3. The van der Waals surface area contributed by atoms with Crippen LogP contribution >= 0.6 is 0 Å². The summed E-state index contributed by atoms with van der Waals surface area (Å²) in [6.07, 6.45) is -1.09. The monoisotopic (exact) mass is 664 g/mol. The smallest absolute Gasteiger partial charge is 0.306 e. The predicted octanol–water partition coefficient (Wildman–Crippen LogP) is 5.74. The Morgan fingerprint density at radius 1 is 1.08 bits per heavy atom. The zero-order valence-electron chi connectivity index (χ0n) is 26.9. The molecule has 0 bridgehead atoms. The van der Waals surface area contributed by atoms with Crippen molar-refractivity contribution in [1.82, 2.24) is 10.9 Å². The molecule has 0 spiro atoms. The molecule has 4 rings (SSSR count). The van der Waals surface area contributed by atoms with Gasteiger partial charge in [0.2, 0.25) is 5.90 Å². The second-order valence-corrected chi connectivity index (χ2v) is 12.0. The van der Waals surface area contributed by atoms with Gasteiger partial charge in [0.15, 0.2) is 11.6 Å². The Kier molecular flexibility index (Phi) is 12.1. The van der Waals surface area contributed by atoms with E-state index >= 15 is 0 Å². The lowest BCUT2D eigenvalue weighted by Crippen LogP contribution is -2.53. The minimum atomic E-state index is -1.81. The number of rotatable bonds is 15. The predicted molar refractivity (Wildman–Crippen MR) is 172 cm³/mol. The maximum Gasteiger partial charge on any atom is 0.306 e. The highest BCUT2D eigenvalue weighted by molar-refractivity contribution is 6.01. The van der Waals surface area contributed by atoms with Crippen LogP contribution in [0.3, 0.4) is 0 Å². The van der Waals surface area contributed by atoms with Gasteiger partial charge in [-0.2, -0.15) is 0 Å². The van der Waals surface area contributed by atoms with Crippen molar-refractivity contribution < 1.29 is 37.7 Å². The minimum absolute atomic E-state index is 0.0111. The Bertz CT molecular complexity index is 1650. The van der Waals surface area contributed by atoms with E-state index in [-0.39, 0.29) is 44.0 Å². The number of hydrazine groups is 1. The number of nitrogens with zero attached hydrogens (tertiary/aromatic N) is 4. The second kappa shape index (κ2) is 16.2. The SMILES string of the molecule is CC(C)(C)OC(=O)CC[C@]1(C(=O)NNCc2c(F)cccc2F)N=C(c2ccc(OCCCO)cc2)O[C@H]1c1ccccc1CN=[N+]=[N-]. The van der Waals surface area contributed by atoms with Crippen LogP contribution < -0.4 is 15.6 Å². The number of amides is 1. The molecule has 12 nitrogen and oxygen atoms in total. The van der Waals surface area contributed by atoms with E-state index in [0.29, 0.717) is 35.5 Å². The van der Waals surface area contributed by atoms with Crippen molar-refractivity contribution in [2.75, 3.05) is 13.2 Å². The van der Waals surface area contributed by atoms with Crippen LogP contribution in [0.1, 0.15) is 68.4 Å². The quantitative estimate of drug-likeness (QED) is 0.0465. The minimum Gasteiger partial charge on any atom is -0.494 e. The first-order chi connectivity index (χ1) is 23.0. The molecule has 0 saturated carbocycles. The summed E-state index contributed by atoms with van der Waals surface area (Å²) in [5.74, 6) is -2.29. The third kappa shape index (κ3) is 9.06. The first kappa shape index (κ1) is 35.8. The molecule has 14 heteroatoms. The van der Waals surface area contributed by atoms with Crippen molar-refractivity contribution in [3.05, 3.63) is 111 Å². The van der Waals surface area contributed by atoms with Crippen molar-refractivity contribution in [2.45, 2.75) is 70.4 Å². The third-order valence-corrected chi connectivity index (χ3v) is 7.33. The van der Waals surface area contributed by atoms with Gasteiger partial charge in [-0.15, -0.1) is 0 Å². The highest BCUT2D eigenvalue weighted by Crippen LogP contribution is 2.44. The van der Waals surface area contributed by atoms with Gasteiger partial charge in [0.05, 0.1) is 13.2 Å². The van der Waals surface area contributed by atoms with Gasteiger partial charge in [-0.05, 0) is 80.2 Å². The molecular formula is C34H38F2N6O6. The van der Waals surface area contributed by atoms with Gasteiger partial charge in [-0.3, -0.25) is 15.0 Å². The molecule has 2 atom stereocenters. The van der Waals surface area contributed by atoms with Crippen LogP contribution in [0.4, 0.5) is 8.78 Å². The fourth-order valence-corrected chi connectivity index (χ4v) is 5.10. The van der Waals surface area contributed by atoms with E-state index in [1.54, 1.807) is 69.3 Å². The average Bonchev–Trinajstić information content (AvgIpc) is 3.44. The number of hydrogen-bond acceptors (Lipinski definition) is 9. The number of benzene rings is 3. The summed E-state index contributed by atoms with van der Waals surface area (Å²) in [6.45, 7) is 5.02. The molecular weight excluding hydrogens is 626 g/mol. The van der Waals surface area contributed by atoms with Crippen LogP contribution in [0.25, 0.3) is 10.4 Å². The van der Waals surface area contributed by atoms with Crippen molar-refractivity contribution >= 4 is 17.8 Å². The first-order valence-corrected chi connectivity index (χ1v) is 15.3. The lowest BCUT2D eigenvalue weighted by Gasteiger charge is -2.32. The first-order valence-electron chi connectivity index (χ1n) is 15.3. The van der Waals surface area contributed by atoms with E-state index in [1.807, 2.05) is 0 Å². The Labute approximate surface area is 276 Å². The fourth-order valence-electron chi connectivity index (χ4n) is 5.10. The molecule has 0 unspecified atom stereocenters.